The average molecular weight is 432 g/mol. The van der Waals surface area contributed by atoms with Crippen LogP contribution in [0, 0.1) is 0 Å². The highest BCUT2D eigenvalue weighted by Crippen LogP contribution is 2.34. The van der Waals surface area contributed by atoms with Crippen LogP contribution in [0.25, 0.3) is 0 Å². The molecular weight excluding hydrogens is 410 g/mol. The highest BCUT2D eigenvalue weighted by atomic mass is 35.5. The number of carbonyl (C=O) groups excluding carboxylic acids is 3. The van der Waals surface area contributed by atoms with Crippen molar-refractivity contribution in [1.82, 2.24) is 4.90 Å². The Labute approximate surface area is 179 Å². The topological polar surface area (TPSA) is 69.7 Å². The Morgan fingerprint density at radius 1 is 1.14 bits per heavy atom. The molecule has 0 saturated carbocycles. The molecular formula is C21H22ClN3O3S. The fourth-order valence-electron chi connectivity index (χ4n) is 3.04. The molecule has 1 aliphatic rings. The number of carbonyl (C=O) groups is 3. The summed E-state index contributed by atoms with van der Waals surface area (Å²) in [7, 11) is 1.55. The van der Waals surface area contributed by atoms with Crippen molar-refractivity contribution in [3.05, 3.63) is 53.6 Å². The molecule has 6 nitrogen and oxygen atoms in total. The van der Waals surface area contributed by atoms with E-state index in [2.05, 4.69) is 5.32 Å². The molecule has 0 aromatic heterocycles. The van der Waals surface area contributed by atoms with Gasteiger partial charge in [0.05, 0.1) is 12.2 Å². The number of halogens is 1. The summed E-state index contributed by atoms with van der Waals surface area (Å²) in [5.41, 5.74) is 1.47. The number of fused-ring (bicyclic) bond motifs is 1. The van der Waals surface area contributed by atoms with Gasteiger partial charge in [0.2, 0.25) is 17.7 Å². The molecule has 3 amide bonds. The molecule has 2 aromatic rings. The molecule has 0 unspecified atom stereocenters. The van der Waals surface area contributed by atoms with E-state index in [-0.39, 0.29) is 37.1 Å². The third kappa shape index (κ3) is 5.74. The number of para-hydroxylation sites is 1. The average Bonchev–Trinajstić information content (AvgIpc) is 2.71. The maximum absolute atomic E-state index is 12.6. The van der Waals surface area contributed by atoms with Gasteiger partial charge in [-0.05, 0) is 30.3 Å². The smallest absolute Gasteiger partial charge is 0.243 e. The van der Waals surface area contributed by atoms with E-state index >= 15 is 0 Å². The van der Waals surface area contributed by atoms with E-state index in [4.69, 9.17) is 11.6 Å². The summed E-state index contributed by atoms with van der Waals surface area (Å²) in [5.74, 6) is 0.180. The molecule has 152 valence electrons. The van der Waals surface area contributed by atoms with Crippen LogP contribution in [-0.4, -0.2) is 48.5 Å². The third-order valence-corrected chi connectivity index (χ3v) is 5.78. The second-order valence-electron chi connectivity index (χ2n) is 6.67. The largest absolute Gasteiger partial charge is 0.336 e. The van der Waals surface area contributed by atoms with Crippen molar-refractivity contribution in [1.29, 1.82) is 0 Å². The first kappa shape index (κ1) is 21.2. The van der Waals surface area contributed by atoms with Gasteiger partial charge in [0.25, 0.3) is 0 Å². The van der Waals surface area contributed by atoms with Gasteiger partial charge >= 0.3 is 0 Å². The molecule has 29 heavy (non-hydrogen) atoms. The van der Waals surface area contributed by atoms with Crippen molar-refractivity contribution < 1.29 is 14.4 Å². The van der Waals surface area contributed by atoms with E-state index in [1.807, 2.05) is 24.3 Å². The fourth-order valence-corrected chi connectivity index (χ4v) is 4.22. The third-order valence-electron chi connectivity index (χ3n) is 4.50. The van der Waals surface area contributed by atoms with Gasteiger partial charge in [0.1, 0.15) is 0 Å². The molecule has 0 radical (unpaired) electrons. The van der Waals surface area contributed by atoms with Crippen LogP contribution < -0.4 is 10.2 Å². The van der Waals surface area contributed by atoms with E-state index in [9.17, 15) is 14.4 Å². The molecule has 0 saturated heterocycles. The van der Waals surface area contributed by atoms with Gasteiger partial charge in [-0.1, -0.05) is 29.8 Å². The normalized spacial score (nSPS) is 12.8. The van der Waals surface area contributed by atoms with Crippen LogP contribution in [0.2, 0.25) is 5.02 Å². The lowest BCUT2D eigenvalue weighted by Crippen LogP contribution is -2.38. The molecule has 0 atom stereocenters. The number of amides is 3. The Morgan fingerprint density at radius 2 is 1.93 bits per heavy atom. The number of hydrogen-bond donors (Lipinski definition) is 1. The van der Waals surface area contributed by atoms with Gasteiger partial charge in [-0.3, -0.25) is 14.4 Å². The first-order chi connectivity index (χ1) is 13.9. The zero-order valence-corrected chi connectivity index (χ0v) is 17.6. The van der Waals surface area contributed by atoms with E-state index in [0.29, 0.717) is 17.3 Å². The van der Waals surface area contributed by atoms with Gasteiger partial charge in [-0.25, -0.2) is 0 Å². The summed E-state index contributed by atoms with van der Waals surface area (Å²) < 4.78 is 0. The van der Waals surface area contributed by atoms with E-state index in [1.54, 1.807) is 48.0 Å². The molecule has 0 aliphatic carbocycles. The molecule has 3 rings (SSSR count). The minimum atomic E-state index is -0.323. The molecule has 8 heteroatoms. The van der Waals surface area contributed by atoms with E-state index < -0.39 is 0 Å². The molecule has 1 aliphatic heterocycles. The SMILES string of the molecule is CN(CC(=O)Nc1cccc(Cl)c1)C(=O)CCC(=O)N1CCSc2ccccc21. The summed E-state index contributed by atoms with van der Waals surface area (Å²) in [6.45, 7) is 0.537. The Hall–Kier alpha value is -2.51. The van der Waals surface area contributed by atoms with Crippen molar-refractivity contribution in [2.75, 3.05) is 36.1 Å². The van der Waals surface area contributed by atoms with Crippen LogP contribution >= 0.6 is 23.4 Å². The Kier molecular flexibility index (Phi) is 7.17. The molecule has 0 bridgehead atoms. The quantitative estimate of drug-likeness (QED) is 0.757. The minimum absolute atomic E-state index is 0.0611. The van der Waals surface area contributed by atoms with Crippen molar-refractivity contribution in [3.63, 3.8) is 0 Å². The second-order valence-corrected chi connectivity index (χ2v) is 8.24. The number of hydrogen-bond acceptors (Lipinski definition) is 4. The Bertz CT molecular complexity index is 922. The molecule has 2 aromatic carbocycles. The molecule has 1 heterocycles. The summed E-state index contributed by atoms with van der Waals surface area (Å²) in [5, 5.41) is 3.22. The van der Waals surface area contributed by atoms with Crippen LogP contribution in [-0.2, 0) is 14.4 Å². The number of thioether (sulfide) groups is 1. The highest BCUT2D eigenvalue weighted by Gasteiger charge is 2.23. The lowest BCUT2D eigenvalue weighted by molar-refractivity contribution is -0.134. The van der Waals surface area contributed by atoms with Crippen molar-refractivity contribution in [2.24, 2.45) is 0 Å². The van der Waals surface area contributed by atoms with Crippen LogP contribution in [0.15, 0.2) is 53.4 Å². The van der Waals surface area contributed by atoms with Gasteiger partial charge in [-0.2, -0.15) is 0 Å². The highest BCUT2D eigenvalue weighted by molar-refractivity contribution is 7.99. The zero-order valence-electron chi connectivity index (χ0n) is 16.1. The maximum Gasteiger partial charge on any atom is 0.243 e. The summed E-state index contributed by atoms with van der Waals surface area (Å²) in [4.78, 5) is 41.3. The van der Waals surface area contributed by atoms with Crippen LogP contribution in [0.4, 0.5) is 11.4 Å². The summed E-state index contributed by atoms with van der Waals surface area (Å²) >= 11 is 7.62. The molecule has 0 spiro atoms. The number of benzene rings is 2. The molecule has 1 N–H and O–H groups in total. The zero-order chi connectivity index (χ0) is 20.8. The number of nitrogens with one attached hydrogen (secondary N) is 1. The standard InChI is InChI=1S/C21H22ClN3O3S/c1-24(14-19(26)23-16-6-4-5-15(22)13-16)20(27)9-10-21(28)25-11-12-29-18-8-3-2-7-17(18)25/h2-8,13H,9-12,14H2,1H3,(H,23,26). The van der Waals surface area contributed by atoms with Crippen LogP contribution in [0.3, 0.4) is 0 Å². The lowest BCUT2D eigenvalue weighted by atomic mass is 10.2. The Morgan fingerprint density at radius 3 is 2.72 bits per heavy atom. The predicted octanol–water partition coefficient (Wildman–Crippen LogP) is 3.66. The van der Waals surface area contributed by atoms with Crippen molar-refractivity contribution in [2.45, 2.75) is 17.7 Å². The summed E-state index contributed by atoms with van der Waals surface area (Å²) in [6.07, 6.45) is 0.170. The van der Waals surface area contributed by atoms with E-state index in [0.717, 1.165) is 16.3 Å². The number of nitrogens with zero attached hydrogens (tertiary/aromatic N) is 2. The second kappa shape index (κ2) is 9.80. The number of anilines is 2. The van der Waals surface area contributed by atoms with Crippen molar-refractivity contribution >= 4 is 52.5 Å². The molecule has 0 fully saturated rings. The van der Waals surface area contributed by atoms with Gasteiger partial charge in [0.15, 0.2) is 0 Å². The van der Waals surface area contributed by atoms with Gasteiger partial charge in [0, 0.05) is 47.8 Å². The van der Waals surface area contributed by atoms with Crippen LogP contribution in [0.1, 0.15) is 12.8 Å². The van der Waals surface area contributed by atoms with Gasteiger partial charge < -0.3 is 15.1 Å². The minimum Gasteiger partial charge on any atom is -0.336 e. The van der Waals surface area contributed by atoms with Gasteiger partial charge in [-0.15, -0.1) is 11.8 Å². The van der Waals surface area contributed by atoms with E-state index in [1.165, 1.54) is 4.90 Å². The number of likely N-dealkylation sites (N-methyl/N-ethyl adjacent to an activating group) is 1. The summed E-state index contributed by atoms with van der Waals surface area (Å²) in [6, 6.07) is 14.6. The van der Waals surface area contributed by atoms with Crippen molar-refractivity contribution in [3.8, 4) is 0 Å². The predicted molar refractivity (Wildman–Crippen MR) is 116 cm³/mol. The first-order valence-electron chi connectivity index (χ1n) is 9.25. The monoisotopic (exact) mass is 431 g/mol. The first-order valence-corrected chi connectivity index (χ1v) is 10.6. The fraction of sp³-hybridized carbons (Fsp3) is 0.286. The van der Waals surface area contributed by atoms with Crippen LogP contribution in [0.5, 0.6) is 0 Å². The Balaban J connectivity index is 1.49. The lowest BCUT2D eigenvalue weighted by Gasteiger charge is -2.29. The maximum atomic E-state index is 12.6. The number of rotatable bonds is 6.